The predicted molar refractivity (Wildman–Crippen MR) is 109 cm³/mol. The Balaban J connectivity index is 1.60. The molecule has 3 aromatic rings. The molecule has 0 N–H and O–H groups in total. The Morgan fingerprint density at radius 3 is 2.04 bits per heavy atom. The molecule has 0 spiro atoms. The minimum absolute atomic E-state index is 0.0139. The molecule has 0 aliphatic carbocycles. The number of aromatic nitrogens is 2. The van der Waals surface area contributed by atoms with Crippen molar-refractivity contribution in [1.82, 2.24) is 14.9 Å². The summed E-state index contributed by atoms with van der Waals surface area (Å²) in [6.07, 6.45) is 3.41. The third-order valence-corrected chi connectivity index (χ3v) is 4.57. The van der Waals surface area contributed by atoms with Crippen LogP contribution in [0.3, 0.4) is 0 Å². The average molecular weight is 381 g/mol. The molecule has 1 aromatic heterocycles. The van der Waals surface area contributed by atoms with Gasteiger partial charge >= 0.3 is 0 Å². The van der Waals surface area contributed by atoms with E-state index in [2.05, 4.69) is 9.97 Å². The summed E-state index contributed by atoms with van der Waals surface area (Å²) in [6, 6.07) is 17.0. The van der Waals surface area contributed by atoms with Crippen molar-refractivity contribution in [2.45, 2.75) is 0 Å². The number of rotatable bonds is 6. The summed E-state index contributed by atoms with van der Waals surface area (Å²) in [4.78, 5) is 24.7. The van der Waals surface area contributed by atoms with Gasteiger partial charge in [0.25, 0.3) is 5.91 Å². The molecule has 1 heterocycles. The molecule has 0 bridgehead atoms. The number of carbonyl (C=O) groups excluding carboxylic acids is 1. The smallest absolute Gasteiger partial charge is 0.253 e. The Labute approximate surface area is 164 Å². The Morgan fingerprint density at radius 2 is 1.44 bits per heavy atom. The molecule has 0 fully saturated rings. The van der Waals surface area contributed by atoms with Crippen LogP contribution in [-0.2, 0) is 0 Å². The highest BCUT2D eigenvalue weighted by Gasteiger charge is 2.13. The van der Waals surface area contributed by atoms with Gasteiger partial charge in [0.15, 0.2) is 0 Å². The van der Waals surface area contributed by atoms with Crippen molar-refractivity contribution in [3.05, 3.63) is 77.6 Å². The van der Waals surface area contributed by atoms with Gasteiger partial charge in [-0.05, 0) is 41.5 Å². The second-order valence-electron chi connectivity index (χ2n) is 6.28. The molecule has 0 aliphatic heterocycles. The van der Waals surface area contributed by atoms with E-state index in [-0.39, 0.29) is 5.91 Å². The van der Waals surface area contributed by atoms with Gasteiger partial charge in [0.05, 0.1) is 0 Å². The number of nitrogens with zero attached hydrogens (tertiary/aromatic N) is 4. The van der Waals surface area contributed by atoms with Crippen molar-refractivity contribution < 1.29 is 4.79 Å². The van der Waals surface area contributed by atoms with Gasteiger partial charge in [-0.2, -0.15) is 0 Å². The molecular weight excluding hydrogens is 360 g/mol. The number of benzene rings is 2. The maximum atomic E-state index is 12.6. The Kier molecular flexibility index (Phi) is 6.04. The van der Waals surface area contributed by atoms with E-state index >= 15 is 0 Å². The summed E-state index contributed by atoms with van der Waals surface area (Å²) in [5.41, 5.74) is 2.77. The van der Waals surface area contributed by atoms with E-state index in [1.807, 2.05) is 60.5 Å². The molecule has 0 aliphatic rings. The first-order chi connectivity index (χ1) is 13.0. The van der Waals surface area contributed by atoms with E-state index in [9.17, 15) is 4.79 Å². The van der Waals surface area contributed by atoms with Crippen molar-refractivity contribution in [2.24, 2.45) is 0 Å². The normalized spacial score (nSPS) is 10.5. The van der Waals surface area contributed by atoms with E-state index in [4.69, 9.17) is 11.6 Å². The van der Waals surface area contributed by atoms with Crippen LogP contribution < -0.4 is 4.90 Å². The molecule has 1 amide bonds. The topological polar surface area (TPSA) is 49.3 Å². The van der Waals surface area contributed by atoms with Gasteiger partial charge in [-0.3, -0.25) is 4.79 Å². The molecule has 3 rings (SSSR count). The van der Waals surface area contributed by atoms with Gasteiger partial charge in [-0.15, -0.1) is 0 Å². The maximum absolute atomic E-state index is 12.6. The quantitative estimate of drug-likeness (QED) is 0.648. The molecule has 0 saturated carbocycles. The summed E-state index contributed by atoms with van der Waals surface area (Å²) in [5.74, 6) is 0.630. The summed E-state index contributed by atoms with van der Waals surface area (Å²) in [5, 5.41) is 0.707. The lowest BCUT2D eigenvalue weighted by molar-refractivity contribution is 0.0798. The van der Waals surface area contributed by atoms with Crippen LogP contribution in [0.1, 0.15) is 10.4 Å². The fourth-order valence-electron chi connectivity index (χ4n) is 2.66. The monoisotopic (exact) mass is 380 g/mol. The summed E-state index contributed by atoms with van der Waals surface area (Å²) in [7, 11) is 3.71. The van der Waals surface area contributed by atoms with E-state index in [1.54, 1.807) is 30.4 Å². The zero-order valence-electron chi connectivity index (χ0n) is 15.3. The lowest BCUT2D eigenvalue weighted by Crippen LogP contribution is -2.35. The maximum Gasteiger partial charge on any atom is 0.253 e. The lowest BCUT2D eigenvalue weighted by atomic mass is 10.0. The van der Waals surface area contributed by atoms with E-state index in [0.29, 0.717) is 29.6 Å². The van der Waals surface area contributed by atoms with Gasteiger partial charge in [-0.1, -0.05) is 35.9 Å². The summed E-state index contributed by atoms with van der Waals surface area (Å²) >= 11 is 5.93. The van der Waals surface area contributed by atoms with E-state index < -0.39 is 0 Å². The molecule has 138 valence electrons. The van der Waals surface area contributed by atoms with Crippen LogP contribution >= 0.6 is 11.6 Å². The molecule has 0 radical (unpaired) electrons. The minimum Gasteiger partial charge on any atom is -0.342 e. The van der Waals surface area contributed by atoms with Crippen molar-refractivity contribution in [2.75, 3.05) is 32.1 Å². The number of anilines is 1. The van der Waals surface area contributed by atoms with Crippen LogP contribution in [0.4, 0.5) is 5.95 Å². The molecule has 6 heteroatoms. The lowest BCUT2D eigenvalue weighted by Gasteiger charge is -2.22. The van der Waals surface area contributed by atoms with Crippen molar-refractivity contribution >= 4 is 23.5 Å². The molecule has 0 unspecified atom stereocenters. The first kappa shape index (κ1) is 18.9. The van der Waals surface area contributed by atoms with Crippen LogP contribution in [0.15, 0.2) is 67.0 Å². The second-order valence-corrected chi connectivity index (χ2v) is 6.72. The number of hydrogen-bond acceptors (Lipinski definition) is 4. The average Bonchev–Trinajstić information content (AvgIpc) is 2.72. The van der Waals surface area contributed by atoms with Crippen LogP contribution in [0.25, 0.3) is 11.1 Å². The van der Waals surface area contributed by atoms with Gasteiger partial charge < -0.3 is 9.80 Å². The molecule has 0 saturated heterocycles. The first-order valence-corrected chi connectivity index (χ1v) is 9.02. The highest BCUT2D eigenvalue weighted by Crippen LogP contribution is 2.22. The predicted octanol–water partition coefficient (Wildman–Crippen LogP) is 4.01. The zero-order valence-corrected chi connectivity index (χ0v) is 16.1. The van der Waals surface area contributed by atoms with Crippen molar-refractivity contribution in [3.8, 4) is 11.1 Å². The largest absolute Gasteiger partial charge is 0.342 e. The molecule has 27 heavy (non-hydrogen) atoms. The second kappa shape index (κ2) is 8.64. The molecule has 0 atom stereocenters. The van der Waals surface area contributed by atoms with Gasteiger partial charge in [0, 0.05) is 50.2 Å². The minimum atomic E-state index is -0.0139. The van der Waals surface area contributed by atoms with Crippen molar-refractivity contribution in [1.29, 1.82) is 0 Å². The van der Waals surface area contributed by atoms with E-state index in [1.165, 1.54) is 0 Å². The highest BCUT2D eigenvalue weighted by atomic mass is 35.5. The Morgan fingerprint density at radius 1 is 0.889 bits per heavy atom. The first-order valence-electron chi connectivity index (χ1n) is 8.64. The SMILES string of the molecule is CN(CCN(C)c1ncccn1)C(=O)c1ccc(-c2ccc(Cl)cc2)cc1. The van der Waals surface area contributed by atoms with Crippen LogP contribution in [0, 0.1) is 0 Å². The number of carbonyl (C=O) groups is 1. The van der Waals surface area contributed by atoms with Gasteiger partial charge in [0.1, 0.15) is 0 Å². The van der Waals surface area contributed by atoms with Crippen LogP contribution in [-0.4, -0.2) is 48.0 Å². The van der Waals surface area contributed by atoms with Gasteiger partial charge in [-0.25, -0.2) is 9.97 Å². The Bertz CT molecular complexity index is 882. The molecule has 2 aromatic carbocycles. The summed E-state index contributed by atoms with van der Waals surface area (Å²) in [6.45, 7) is 1.22. The third-order valence-electron chi connectivity index (χ3n) is 4.32. The number of likely N-dealkylation sites (N-methyl/N-ethyl adjacent to an activating group) is 2. The highest BCUT2D eigenvalue weighted by molar-refractivity contribution is 6.30. The number of amides is 1. The third kappa shape index (κ3) is 4.83. The van der Waals surface area contributed by atoms with Crippen molar-refractivity contribution in [3.63, 3.8) is 0 Å². The number of hydrogen-bond donors (Lipinski definition) is 0. The molecular formula is C21H21ClN4O. The fraction of sp³-hybridized carbons (Fsp3) is 0.190. The van der Waals surface area contributed by atoms with E-state index in [0.717, 1.165) is 11.1 Å². The summed E-state index contributed by atoms with van der Waals surface area (Å²) < 4.78 is 0. The van der Waals surface area contributed by atoms with Crippen LogP contribution in [0.2, 0.25) is 5.02 Å². The van der Waals surface area contributed by atoms with Crippen LogP contribution in [0.5, 0.6) is 0 Å². The Hall–Kier alpha value is -2.92. The van der Waals surface area contributed by atoms with Gasteiger partial charge in [0.2, 0.25) is 5.95 Å². The standard InChI is InChI=1S/C21H21ClN4O/c1-25(14-15-26(2)21-23-12-3-13-24-21)20(27)18-6-4-16(5-7-18)17-8-10-19(22)11-9-17/h3-13H,14-15H2,1-2H3. The number of halogens is 1. The fourth-order valence-corrected chi connectivity index (χ4v) is 2.78. The zero-order chi connectivity index (χ0) is 19.2. The molecule has 5 nitrogen and oxygen atoms in total.